The van der Waals surface area contributed by atoms with Gasteiger partial charge in [0, 0.05) is 6.08 Å². The molecule has 1 aliphatic rings. The summed E-state index contributed by atoms with van der Waals surface area (Å²) < 4.78 is 5.18. The number of esters is 1. The first kappa shape index (κ1) is 11.9. The fraction of sp³-hybridized carbons (Fsp3) is 0.400. The molecule has 0 saturated heterocycles. The molecule has 0 aliphatic heterocycles. The quantitative estimate of drug-likeness (QED) is 0.449. The van der Waals surface area contributed by atoms with Crippen molar-refractivity contribution in [1.82, 2.24) is 0 Å². The molecule has 1 fully saturated rings. The van der Waals surface area contributed by atoms with E-state index in [-0.39, 0.29) is 5.97 Å². The molecule has 0 bridgehead atoms. The van der Waals surface area contributed by atoms with Crippen LogP contribution in [0.1, 0.15) is 32.1 Å². The van der Waals surface area contributed by atoms with Gasteiger partial charge in [-0.1, -0.05) is 43.5 Å². The summed E-state index contributed by atoms with van der Waals surface area (Å²) >= 11 is 0. The second-order valence-electron chi connectivity index (χ2n) is 4.49. The van der Waals surface area contributed by atoms with Crippen LogP contribution in [-0.4, -0.2) is 5.97 Å². The molecule has 0 amide bonds. The standard InChI is InChI=1S/C15H18O2/c16-15(17-14-9-5-2-6-10-14)12-11-13-7-3-1-4-8-13/h2,5-6,9-13H,1,3-4,7-8H2/b12-11-. The number of allylic oxidation sites excluding steroid dienone is 1. The number of hydrogen-bond acceptors (Lipinski definition) is 2. The zero-order valence-electron chi connectivity index (χ0n) is 9.97. The summed E-state index contributed by atoms with van der Waals surface area (Å²) in [7, 11) is 0. The van der Waals surface area contributed by atoms with Crippen molar-refractivity contribution in [2.75, 3.05) is 0 Å². The van der Waals surface area contributed by atoms with Gasteiger partial charge in [-0.3, -0.25) is 0 Å². The Labute approximate surface area is 102 Å². The highest BCUT2D eigenvalue weighted by molar-refractivity contribution is 5.84. The maximum atomic E-state index is 11.5. The molecule has 17 heavy (non-hydrogen) atoms. The summed E-state index contributed by atoms with van der Waals surface area (Å²) in [6.45, 7) is 0. The maximum Gasteiger partial charge on any atom is 0.335 e. The zero-order valence-corrected chi connectivity index (χ0v) is 9.97. The molecule has 0 unspecified atom stereocenters. The predicted molar refractivity (Wildman–Crippen MR) is 67.8 cm³/mol. The van der Waals surface area contributed by atoms with Gasteiger partial charge in [0.25, 0.3) is 0 Å². The number of benzene rings is 1. The number of carbonyl (C=O) groups is 1. The normalized spacial score (nSPS) is 17.2. The summed E-state index contributed by atoms with van der Waals surface area (Å²) in [4.78, 5) is 11.5. The van der Waals surface area contributed by atoms with Gasteiger partial charge < -0.3 is 4.74 Å². The first-order valence-corrected chi connectivity index (χ1v) is 6.29. The first-order chi connectivity index (χ1) is 8.34. The van der Waals surface area contributed by atoms with E-state index in [1.807, 2.05) is 24.3 Å². The second-order valence-corrected chi connectivity index (χ2v) is 4.49. The number of rotatable bonds is 3. The molecule has 0 N–H and O–H groups in total. The Balaban J connectivity index is 1.82. The van der Waals surface area contributed by atoms with Crippen LogP contribution in [0.25, 0.3) is 0 Å². The minimum absolute atomic E-state index is 0.276. The lowest BCUT2D eigenvalue weighted by molar-refractivity contribution is -0.129. The third kappa shape index (κ3) is 4.06. The Morgan fingerprint density at radius 1 is 1.12 bits per heavy atom. The van der Waals surface area contributed by atoms with E-state index in [4.69, 9.17) is 4.74 Å². The van der Waals surface area contributed by atoms with Crippen LogP contribution in [0, 0.1) is 5.92 Å². The van der Waals surface area contributed by atoms with Gasteiger partial charge in [-0.05, 0) is 30.9 Å². The van der Waals surface area contributed by atoms with E-state index in [2.05, 4.69) is 0 Å². The van der Waals surface area contributed by atoms with Gasteiger partial charge in [0.2, 0.25) is 0 Å². The Bertz CT molecular complexity index is 375. The summed E-state index contributed by atoms with van der Waals surface area (Å²) in [5, 5.41) is 0. The van der Waals surface area contributed by atoms with E-state index in [0.717, 1.165) is 0 Å². The van der Waals surface area contributed by atoms with Gasteiger partial charge in [-0.25, -0.2) is 4.79 Å². The fourth-order valence-corrected chi connectivity index (χ4v) is 2.18. The first-order valence-electron chi connectivity index (χ1n) is 6.29. The Kier molecular flexibility index (Phi) is 4.37. The molecule has 90 valence electrons. The monoisotopic (exact) mass is 230 g/mol. The van der Waals surface area contributed by atoms with Gasteiger partial charge in [0.05, 0.1) is 0 Å². The van der Waals surface area contributed by atoms with Gasteiger partial charge in [-0.2, -0.15) is 0 Å². The van der Waals surface area contributed by atoms with Crippen molar-refractivity contribution in [2.45, 2.75) is 32.1 Å². The van der Waals surface area contributed by atoms with Crippen LogP contribution < -0.4 is 4.74 Å². The van der Waals surface area contributed by atoms with Crippen molar-refractivity contribution in [1.29, 1.82) is 0 Å². The van der Waals surface area contributed by atoms with Crippen molar-refractivity contribution >= 4 is 5.97 Å². The van der Waals surface area contributed by atoms with Gasteiger partial charge in [0.1, 0.15) is 5.75 Å². The van der Waals surface area contributed by atoms with E-state index in [9.17, 15) is 4.79 Å². The SMILES string of the molecule is O=C(/C=C\C1CCCCC1)Oc1ccccc1. The van der Waals surface area contributed by atoms with Gasteiger partial charge in [-0.15, -0.1) is 0 Å². The third-order valence-corrected chi connectivity index (χ3v) is 3.12. The van der Waals surface area contributed by atoms with Crippen molar-refractivity contribution in [2.24, 2.45) is 5.92 Å². The van der Waals surface area contributed by atoms with Crippen LogP contribution in [0.15, 0.2) is 42.5 Å². The number of ether oxygens (including phenoxy) is 1. The summed E-state index contributed by atoms with van der Waals surface area (Å²) in [5.41, 5.74) is 0. The number of carbonyl (C=O) groups excluding carboxylic acids is 1. The highest BCUT2D eigenvalue weighted by Crippen LogP contribution is 2.24. The van der Waals surface area contributed by atoms with Crippen LogP contribution >= 0.6 is 0 Å². The average Bonchev–Trinajstić information content (AvgIpc) is 2.39. The van der Waals surface area contributed by atoms with Crippen LogP contribution in [0.3, 0.4) is 0 Å². The lowest BCUT2D eigenvalue weighted by atomic mass is 9.89. The fourth-order valence-electron chi connectivity index (χ4n) is 2.18. The second kappa shape index (κ2) is 6.24. The molecule has 1 saturated carbocycles. The van der Waals surface area contributed by atoms with E-state index in [1.165, 1.54) is 32.1 Å². The molecule has 1 aromatic rings. The summed E-state index contributed by atoms with van der Waals surface area (Å²) in [5.74, 6) is 0.889. The van der Waals surface area contributed by atoms with E-state index in [0.29, 0.717) is 11.7 Å². The van der Waals surface area contributed by atoms with Crippen LogP contribution in [-0.2, 0) is 4.79 Å². The number of para-hydroxylation sites is 1. The van der Waals surface area contributed by atoms with Crippen molar-refractivity contribution in [3.05, 3.63) is 42.5 Å². The van der Waals surface area contributed by atoms with Crippen molar-refractivity contribution in [3.63, 3.8) is 0 Å². The highest BCUT2D eigenvalue weighted by atomic mass is 16.5. The van der Waals surface area contributed by atoms with Crippen LogP contribution in [0.5, 0.6) is 5.75 Å². The molecule has 0 atom stereocenters. The Hall–Kier alpha value is -1.57. The summed E-state index contributed by atoms with van der Waals surface area (Å²) in [6.07, 6.45) is 9.88. The lowest BCUT2D eigenvalue weighted by Gasteiger charge is -2.17. The van der Waals surface area contributed by atoms with E-state index in [1.54, 1.807) is 18.2 Å². The molecular formula is C15H18O2. The van der Waals surface area contributed by atoms with Crippen molar-refractivity contribution in [3.8, 4) is 5.75 Å². The maximum absolute atomic E-state index is 11.5. The minimum Gasteiger partial charge on any atom is -0.423 e. The van der Waals surface area contributed by atoms with E-state index >= 15 is 0 Å². The van der Waals surface area contributed by atoms with E-state index < -0.39 is 0 Å². The lowest BCUT2D eigenvalue weighted by Crippen LogP contribution is -2.07. The number of hydrogen-bond donors (Lipinski definition) is 0. The Morgan fingerprint density at radius 2 is 1.82 bits per heavy atom. The molecular weight excluding hydrogens is 212 g/mol. The zero-order chi connectivity index (χ0) is 11.9. The minimum atomic E-state index is -0.276. The van der Waals surface area contributed by atoms with Crippen LogP contribution in [0.4, 0.5) is 0 Å². The smallest absolute Gasteiger partial charge is 0.335 e. The molecule has 0 spiro atoms. The third-order valence-electron chi connectivity index (χ3n) is 3.12. The molecule has 1 aromatic carbocycles. The summed E-state index contributed by atoms with van der Waals surface area (Å²) in [6, 6.07) is 9.18. The van der Waals surface area contributed by atoms with Gasteiger partial charge in [0.15, 0.2) is 0 Å². The largest absolute Gasteiger partial charge is 0.423 e. The highest BCUT2D eigenvalue weighted by Gasteiger charge is 2.10. The molecule has 0 radical (unpaired) electrons. The molecule has 0 heterocycles. The molecule has 1 aliphatic carbocycles. The van der Waals surface area contributed by atoms with Crippen LogP contribution in [0.2, 0.25) is 0 Å². The topological polar surface area (TPSA) is 26.3 Å². The molecule has 2 nitrogen and oxygen atoms in total. The van der Waals surface area contributed by atoms with Crippen molar-refractivity contribution < 1.29 is 9.53 Å². The average molecular weight is 230 g/mol. The molecule has 2 heteroatoms. The Morgan fingerprint density at radius 3 is 2.53 bits per heavy atom. The molecule has 2 rings (SSSR count). The molecule has 0 aromatic heterocycles. The predicted octanol–water partition coefficient (Wildman–Crippen LogP) is 3.73. The van der Waals surface area contributed by atoms with Gasteiger partial charge >= 0.3 is 5.97 Å².